The van der Waals surface area contributed by atoms with Crippen LogP contribution in [0.4, 0.5) is 0 Å². The Morgan fingerprint density at radius 3 is 2.67 bits per heavy atom. The average molecular weight is 223 g/mol. The molecule has 0 aliphatic carbocycles. The van der Waals surface area contributed by atoms with Crippen molar-refractivity contribution in [3.63, 3.8) is 0 Å². The maximum atomic E-state index is 2.65. The fraction of sp³-hybridized carbons (Fsp3) is 0.692. The summed E-state index contributed by atoms with van der Waals surface area (Å²) in [5, 5.41) is 2.24. The first-order chi connectivity index (χ1) is 7.09. The van der Waals surface area contributed by atoms with Crippen molar-refractivity contribution in [2.24, 2.45) is 5.92 Å². The smallest absolute Gasteiger partial charge is 0.0250 e. The topological polar surface area (TPSA) is 3.24 Å². The molecular formula is C13H21NS. The van der Waals surface area contributed by atoms with Gasteiger partial charge in [0, 0.05) is 23.5 Å². The molecule has 1 aliphatic rings. The Balaban J connectivity index is 2.25. The van der Waals surface area contributed by atoms with E-state index < -0.39 is 0 Å². The van der Waals surface area contributed by atoms with Crippen LogP contribution in [0.2, 0.25) is 0 Å². The minimum atomic E-state index is 0.658. The third kappa shape index (κ3) is 2.11. The zero-order valence-corrected chi connectivity index (χ0v) is 11.0. The molecule has 1 aromatic heterocycles. The highest BCUT2D eigenvalue weighted by atomic mass is 32.1. The Kier molecular flexibility index (Phi) is 3.17. The molecule has 0 radical (unpaired) electrons. The van der Waals surface area contributed by atoms with Crippen LogP contribution in [0.3, 0.4) is 0 Å². The van der Waals surface area contributed by atoms with E-state index in [0.29, 0.717) is 6.04 Å². The molecule has 84 valence electrons. The van der Waals surface area contributed by atoms with Crippen LogP contribution >= 0.6 is 11.3 Å². The molecule has 2 heterocycles. The monoisotopic (exact) mass is 223 g/mol. The largest absolute Gasteiger partial charge is 0.293 e. The Bertz CT molecular complexity index is 297. The van der Waals surface area contributed by atoms with Crippen molar-refractivity contribution in [1.29, 1.82) is 0 Å². The Morgan fingerprint density at radius 1 is 1.33 bits per heavy atom. The molecule has 1 nitrogen and oxygen atoms in total. The predicted octanol–water partition coefficient (Wildman–Crippen LogP) is 3.54. The molecule has 0 aromatic carbocycles. The normalized spacial score (nSPS) is 22.4. The minimum absolute atomic E-state index is 0.658. The number of hydrogen-bond acceptors (Lipinski definition) is 2. The third-order valence-corrected chi connectivity index (χ3v) is 4.43. The summed E-state index contributed by atoms with van der Waals surface area (Å²) in [6.07, 6.45) is 1.25. The highest BCUT2D eigenvalue weighted by Gasteiger charge is 2.30. The summed E-state index contributed by atoms with van der Waals surface area (Å²) in [7, 11) is 0. The minimum Gasteiger partial charge on any atom is -0.293 e. The maximum absolute atomic E-state index is 2.65. The molecule has 0 N–H and O–H groups in total. The van der Waals surface area contributed by atoms with Gasteiger partial charge in [-0.25, -0.2) is 0 Å². The molecule has 15 heavy (non-hydrogen) atoms. The second-order valence-corrected chi connectivity index (χ2v) is 6.15. The molecule has 1 atom stereocenters. The SMILES string of the molecule is CC(C)[C@@H]1Cc2sccc2CN1C(C)C. The van der Waals surface area contributed by atoms with Crippen LogP contribution in [0.25, 0.3) is 0 Å². The van der Waals surface area contributed by atoms with Crippen LogP contribution in [-0.2, 0) is 13.0 Å². The van der Waals surface area contributed by atoms with Crippen molar-refractivity contribution < 1.29 is 0 Å². The van der Waals surface area contributed by atoms with Crippen LogP contribution in [0.15, 0.2) is 11.4 Å². The molecule has 0 spiro atoms. The molecule has 1 aliphatic heterocycles. The van der Waals surface area contributed by atoms with Crippen LogP contribution in [0.1, 0.15) is 38.1 Å². The summed E-state index contributed by atoms with van der Waals surface area (Å²) in [5.41, 5.74) is 1.56. The fourth-order valence-corrected chi connectivity index (χ4v) is 3.44. The number of nitrogens with zero attached hydrogens (tertiary/aromatic N) is 1. The van der Waals surface area contributed by atoms with E-state index in [1.807, 2.05) is 11.3 Å². The molecule has 0 saturated carbocycles. The summed E-state index contributed by atoms with van der Waals surface area (Å²) in [4.78, 5) is 4.27. The molecule has 0 unspecified atom stereocenters. The van der Waals surface area contributed by atoms with Crippen LogP contribution in [0, 0.1) is 5.92 Å². The highest BCUT2D eigenvalue weighted by molar-refractivity contribution is 7.10. The number of fused-ring (bicyclic) bond motifs is 1. The Labute approximate surface area is 97.1 Å². The van der Waals surface area contributed by atoms with Gasteiger partial charge in [-0.3, -0.25) is 4.90 Å². The lowest BCUT2D eigenvalue weighted by atomic mass is 9.92. The first kappa shape index (κ1) is 11.2. The van der Waals surface area contributed by atoms with Crippen LogP contribution in [-0.4, -0.2) is 17.0 Å². The summed E-state index contributed by atoms with van der Waals surface area (Å²) in [6.45, 7) is 10.5. The van der Waals surface area contributed by atoms with E-state index in [1.54, 1.807) is 10.4 Å². The van der Waals surface area contributed by atoms with Crippen LogP contribution in [0.5, 0.6) is 0 Å². The lowest BCUT2D eigenvalue weighted by molar-refractivity contribution is 0.0986. The van der Waals surface area contributed by atoms with E-state index in [0.717, 1.165) is 18.5 Å². The van der Waals surface area contributed by atoms with E-state index in [4.69, 9.17) is 0 Å². The van der Waals surface area contributed by atoms with Gasteiger partial charge >= 0.3 is 0 Å². The molecule has 0 bridgehead atoms. The quantitative estimate of drug-likeness (QED) is 0.741. The first-order valence-corrected chi connectivity index (χ1v) is 6.78. The van der Waals surface area contributed by atoms with E-state index in [9.17, 15) is 0 Å². The molecule has 2 rings (SSSR count). The standard InChI is InChI=1S/C13H21NS/c1-9(2)12-7-13-11(5-6-15-13)8-14(12)10(3)4/h5-6,9-10,12H,7-8H2,1-4H3/t12-/m0/s1. The average Bonchev–Trinajstić information content (AvgIpc) is 2.61. The van der Waals surface area contributed by atoms with Crippen molar-refractivity contribution in [2.75, 3.05) is 0 Å². The first-order valence-electron chi connectivity index (χ1n) is 5.90. The number of hydrogen-bond donors (Lipinski definition) is 0. The van der Waals surface area contributed by atoms with E-state index in [-0.39, 0.29) is 0 Å². The third-order valence-electron chi connectivity index (χ3n) is 3.44. The second-order valence-electron chi connectivity index (χ2n) is 5.15. The molecule has 2 heteroatoms. The number of rotatable bonds is 2. The van der Waals surface area contributed by atoms with E-state index in [2.05, 4.69) is 44.0 Å². The fourth-order valence-electron chi connectivity index (χ4n) is 2.49. The van der Waals surface area contributed by atoms with Gasteiger partial charge in [-0.05, 0) is 43.2 Å². The molecule has 1 aromatic rings. The molecule has 0 fully saturated rings. The van der Waals surface area contributed by atoms with Gasteiger partial charge in [0.15, 0.2) is 0 Å². The zero-order chi connectivity index (χ0) is 11.0. The van der Waals surface area contributed by atoms with Crippen molar-refractivity contribution in [3.8, 4) is 0 Å². The van der Waals surface area contributed by atoms with Crippen molar-refractivity contribution in [1.82, 2.24) is 4.90 Å². The summed E-state index contributed by atoms with van der Waals surface area (Å²) < 4.78 is 0. The Hall–Kier alpha value is -0.340. The van der Waals surface area contributed by atoms with E-state index >= 15 is 0 Å². The lowest BCUT2D eigenvalue weighted by Crippen LogP contribution is -2.46. The van der Waals surface area contributed by atoms with Gasteiger partial charge in [0.2, 0.25) is 0 Å². The summed E-state index contributed by atoms with van der Waals surface area (Å²) >= 11 is 1.93. The molecule has 0 amide bonds. The van der Waals surface area contributed by atoms with Gasteiger partial charge in [0.05, 0.1) is 0 Å². The summed E-state index contributed by atoms with van der Waals surface area (Å²) in [5.74, 6) is 0.752. The maximum Gasteiger partial charge on any atom is 0.0250 e. The van der Waals surface area contributed by atoms with Gasteiger partial charge in [-0.1, -0.05) is 13.8 Å². The zero-order valence-electron chi connectivity index (χ0n) is 10.2. The predicted molar refractivity (Wildman–Crippen MR) is 67.3 cm³/mol. The van der Waals surface area contributed by atoms with Crippen molar-refractivity contribution >= 4 is 11.3 Å². The summed E-state index contributed by atoms with van der Waals surface area (Å²) in [6, 6.07) is 3.69. The van der Waals surface area contributed by atoms with Crippen LogP contribution < -0.4 is 0 Å². The van der Waals surface area contributed by atoms with Crippen molar-refractivity contribution in [3.05, 3.63) is 21.9 Å². The van der Waals surface area contributed by atoms with Gasteiger partial charge in [0.25, 0.3) is 0 Å². The second kappa shape index (κ2) is 4.26. The van der Waals surface area contributed by atoms with Gasteiger partial charge in [-0.15, -0.1) is 11.3 Å². The van der Waals surface area contributed by atoms with Gasteiger partial charge in [-0.2, -0.15) is 0 Å². The van der Waals surface area contributed by atoms with Gasteiger partial charge < -0.3 is 0 Å². The van der Waals surface area contributed by atoms with E-state index in [1.165, 1.54) is 6.42 Å². The Morgan fingerprint density at radius 2 is 2.07 bits per heavy atom. The lowest BCUT2D eigenvalue weighted by Gasteiger charge is -2.40. The highest BCUT2D eigenvalue weighted by Crippen LogP contribution is 2.31. The molecular weight excluding hydrogens is 202 g/mol. The van der Waals surface area contributed by atoms with Crippen molar-refractivity contribution in [2.45, 2.75) is 52.7 Å². The number of thiophene rings is 1. The molecule has 0 saturated heterocycles. The van der Waals surface area contributed by atoms with Gasteiger partial charge in [0.1, 0.15) is 0 Å².